The summed E-state index contributed by atoms with van der Waals surface area (Å²) < 4.78 is 0. The van der Waals surface area contributed by atoms with E-state index in [1.807, 2.05) is 0 Å². The van der Waals surface area contributed by atoms with Crippen molar-refractivity contribution in [3.05, 3.63) is 0 Å². The van der Waals surface area contributed by atoms with Crippen LogP contribution in [0.5, 0.6) is 0 Å². The van der Waals surface area contributed by atoms with Crippen molar-refractivity contribution >= 4 is 0 Å². The molecule has 0 spiro atoms. The molecule has 0 nitrogen and oxygen atoms in total. The van der Waals surface area contributed by atoms with Crippen LogP contribution in [0.15, 0.2) is 0 Å². The van der Waals surface area contributed by atoms with Crippen molar-refractivity contribution in [3.63, 3.8) is 0 Å². The number of hydrogen-bond donors (Lipinski definition) is 0. The second-order valence-electron chi connectivity index (χ2n) is 5.98. The summed E-state index contributed by atoms with van der Waals surface area (Å²) >= 11 is 0. The molecule has 0 amide bonds. The molecule has 0 aromatic carbocycles. The largest absolute Gasteiger partial charge is 0.0654 e. The minimum atomic E-state index is 0.959. The fourth-order valence-corrected chi connectivity index (χ4v) is 2.74. The Morgan fingerprint density at radius 2 is 1.29 bits per heavy atom. The van der Waals surface area contributed by atoms with Gasteiger partial charge in [0.25, 0.3) is 0 Å². The number of unbranched alkanes of at least 4 members (excludes halogenated alkanes) is 3. The van der Waals surface area contributed by atoms with E-state index in [2.05, 4.69) is 27.7 Å². The van der Waals surface area contributed by atoms with E-state index in [0.717, 1.165) is 11.8 Å². The number of hydrogen-bond acceptors (Lipinski definition) is 0. The Morgan fingerprint density at radius 1 is 0.588 bits per heavy atom. The van der Waals surface area contributed by atoms with Gasteiger partial charge in [0.05, 0.1) is 0 Å². The molecule has 0 aliphatic rings. The van der Waals surface area contributed by atoms with Gasteiger partial charge in [0.15, 0.2) is 0 Å². The first kappa shape index (κ1) is 17.0. The fraction of sp³-hybridized carbons (Fsp3) is 1.00. The highest BCUT2D eigenvalue weighted by Gasteiger charge is 2.10. The minimum Gasteiger partial charge on any atom is -0.0654 e. The predicted octanol–water partition coefficient (Wildman–Crippen LogP) is 6.59. The van der Waals surface area contributed by atoms with Gasteiger partial charge in [-0.25, -0.2) is 0 Å². The second kappa shape index (κ2) is 12.5. The Balaban J connectivity index is 3.66. The van der Waals surface area contributed by atoms with Gasteiger partial charge in [0, 0.05) is 0 Å². The highest BCUT2D eigenvalue weighted by atomic mass is 14.2. The molecule has 2 unspecified atom stereocenters. The summed E-state index contributed by atoms with van der Waals surface area (Å²) in [5, 5.41) is 0. The third-order valence-corrected chi connectivity index (χ3v) is 4.03. The third-order valence-electron chi connectivity index (χ3n) is 4.03. The van der Waals surface area contributed by atoms with Gasteiger partial charge in [0.2, 0.25) is 0 Å². The lowest BCUT2D eigenvalue weighted by Crippen LogP contribution is -2.04. The van der Waals surface area contributed by atoms with E-state index in [9.17, 15) is 0 Å². The fourth-order valence-electron chi connectivity index (χ4n) is 2.74. The second-order valence-corrected chi connectivity index (χ2v) is 5.98. The van der Waals surface area contributed by atoms with E-state index in [1.165, 1.54) is 70.6 Å². The van der Waals surface area contributed by atoms with E-state index in [1.54, 1.807) is 0 Å². The van der Waals surface area contributed by atoms with Crippen molar-refractivity contribution in [2.24, 2.45) is 11.8 Å². The highest BCUT2D eigenvalue weighted by Crippen LogP contribution is 2.24. The van der Waals surface area contributed by atoms with Crippen LogP contribution in [0, 0.1) is 11.8 Å². The lowest BCUT2D eigenvalue weighted by Gasteiger charge is -2.18. The zero-order chi connectivity index (χ0) is 12.9. The summed E-state index contributed by atoms with van der Waals surface area (Å²) in [6.07, 6.45) is 15.8. The van der Waals surface area contributed by atoms with Gasteiger partial charge >= 0.3 is 0 Å². The highest BCUT2D eigenvalue weighted by molar-refractivity contribution is 4.63. The first-order chi connectivity index (χ1) is 8.24. The Bertz CT molecular complexity index is 139. The maximum atomic E-state index is 2.45. The molecule has 17 heavy (non-hydrogen) atoms. The van der Waals surface area contributed by atoms with E-state index < -0.39 is 0 Å². The average molecular weight is 240 g/mol. The molecule has 0 aliphatic carbocycles. The zero-order valence-corrected chi connectivity index (χ0v) is 12.9. The standard InChI is InChI=1S/C17H36/c1-5-8-10-13-17(11-7-3)15-14-16(4)12-9-6-2/h16-17H,5-15H2,1-4H3. The average Bonchev–Trinajstić information content (AvgIpc) is 2.33. The molecule has 0 saturated heterocycles. The summed E-state index contributed by atoms with van der Waals surface area (Å²) in [6, 6.07) is 0. The summed E-state index contributed by atoms with van der Waals surface area (Å²) in [6.45, 7) is 9.40. The van der Waals surface area contributed by atoms with Crippen LogP contribution >= 0.6 is 0 Å². The number of rotatable bonds is 12. The van der Waals surface area contributed by atoms with Crippen LogP contribution in [-0.2, 0) is 0 Å². The van der Waals surface area contributed by atoms with Crippen LogP contribution in [0.3, 0.4) is 0 Å². The maximum absolute atomic E-state index is 2.45. The van der Waals surface area contributed by atoms with Gasteiger partial charge in [-0.15, -0.1) is 0 Å². The van der Waals surface area contributed by atoms with Gasteiger partial charge < -0.3 is 0 Å². The molecule has 0 saturated carbocycles. The van der Waals surface area contributed by atoms with Crippen LogP contribution in [0.2, 0.25) is 0 Å². The molecule has 0 fully saturated rings. The van der Waals surface area contributed by atoms with Gasteiger partial charge in [-0.1, -0.05) is 98.3 Å². The summed E-state index contributed by atoms with van der Waals surface area (Å²) in [7, 11) is 0. The molecule has 0 radical (unpaired) electrons. The van der Waals surface area contributed by atoms with Crippen molar-refractivity contribution in [3.8, 4) is 0 Å². The first-order valence-corrected chi connectivity index (χ1v) is 8.24. The van der Waals surface area contributed by atoms with Crippen molar-refractivity contribution in [1.29, 1.82) is 0 Å². The van der Waals surface area contributed by atoms with E-state index in [0.29, 0.717) is 0 Å². The monoisotopic (exact) mass is 240 g/mol. The van der Waals surface area contributed by atoms with Gasteiger partial charge in [-0.05, 0) is 11.8 Å². The Kier molecular flexibility index (Phi) is 12.5. The molecule has 0 rings (SSSR count). The molecule has 0 aromatic rings. The lowest BCUT2D eigenvalue weighted by molar-refractivity contribution is 0.345. The Morgan fingerprint density at radius 3 is 1.88 bits per heavy atom. The molecular weight excluding hydrogens is 204 g/mol. The van der Waals surface area contributed by atoms with Crippen LogP contribution < -0.4 is 0 Å². The zero-order valence-electron chi connectivity index (χ0n) is 12.9. The SMILES string of the molecule is CCCCCC(CCC)CCC(C)CCCC. The van der Waals surface area contributed by atoms with Gasteiger partial charge in [0.1, 0.15) is 0 Å². The summed E-state index contributed by atoms with van der Waals surface area (Å²) in [5.74, 6) is 1.98. The van der Waals surface area contributed by atoms with E-state index in [4.69, 9.17) is 0 Å². The quantitative estimate of drug-likeness (QED) is 0.338. The molecule has 0 aliphatic heterocycles. The van der Waals surface area contributed by atoms with Crippen LogP contribution in [0.25, 0.3) is 0 Å². The van der Waals surface area contributed by atoms with Gasteiger partial charge in [-0.3, -0.25) is 0 Å². The topological polar surface area (TPSA) is 0 Å². The van der Waals surface area contributed by atoms with Crippen LogP contribution in [-0.4, -0.2) is 0 Å². The predicted molar refractivity (Wildman–Crippen MR) is 80.5 cm³/mol. The molecule has 0 N–H and O–H groups in total. The van der Waals surface area contributed by atoms with Crippen molar-refractivity contribution in [2.75, 3.05) is 0 Å². The Hall–Kier alpha value is 0. The van der Waals surface area contributed by atoms with Crippen LogP contribution in [0.1, 0.15) is 98.3 Å². The lowest BCUT2D eigenvalue weighted by atomic mass is 9.88. The molecule has 0 bridgehead atoms. The minimum absolute atomic E-state index is 0.959. The smallest absolute Gasteiger partial charge is 0.0414 e. The molecule has 0 heterocycles. The molecule has 0 aromatic heterocycles. The Labute approximate surface area is 111 Å². The van der Waals surface area contributed by atoms with E-state index in [-0.39, 0.29) is 0 Å². The molecular formula is C17H36. The van der Waals surface area contributed by atoms with Crippen LogP contribution in [0.4, 0.5) is 0 Å². The molecule has 2 atom stereocenters. The van der Waals surface area contributed by atoms with Crippen molar-refractivity contribution in [2.45, 2.75) is 98.3 Å². The normalized spacial score (nSPS) is 14.8. The summed E-state index contributed by atoms with van der Waals surface area (Å²) in [4.78, 5) is 0. The van der Waals surface area contributed by atoms with Crippen molar-refractivity contribution in [1.82, 2.24) is 0 Å². The molecule has 104 valence electrons. The van der Waals surface area contributed by atoms with E-state index >= 15 is 0 Å². The molecule has 0 heteroatoms. The van der Waals surface area contributed by atoms with Crippen molar-refractivity contribution < 1.29 is 0 Å². The first-order valence-electron chi connectivity index (χ1n) is 8.24. The summed E-state index contributed by atoms with van der Waals surface area (Å²) in [5.41, 5.74) is 0. The van der Waals surface area contributed by atoms with Gasteiger partial charge in [-0.2, -0.15) is 0 Å². The third kappa shape index (κ3) is 10.9. The maximum Gasteiger partial charge on any atom is -0.0414 e.